The Morgan fingerprint density at radius 2 is 0.573 bits per heavy atom. The van der Waals surface area contributed by atoms with Gasteiger partial charge in [0.05, 0.1) is 0 Å². The van der Waals surface area contributed by atoms with Gasteiger partial charge in [-0.1, -0.05) is 288 Å². The summed E-state index contributed by atoms with van der Waals surface area (Å²) in [6, 6.07) is 0. The van der Waals surface area contributed by atoms with Crippen LogP contribution < -0.4 is 0 Å². The zero-order chi connectivity index (χ0) is 82.9. The Morgan fingerprint density at radius 3 is 0.818 bits per heavy atom. The van der Waals surface area contributed by atoms with Crippen molar-refractivity contribution in [1.29, 1.82) is 0 Å². The molecule has 648 valence electrons. The Kier molecular flexibility index (Phi) is 91.0. The van der Waals surface area contributed by atoms with Crippen LogP contribution in [0.4, 0.5) is 0 Å². The first-order valence-electron chi connectivity index (χ1n) is 43.9. The van der Waals surface area contributed by atoms with Crippen molar-refractivity contribution in [1.82, 2.24) is 0 Å². The molecule has 0 bridgehead atoms. The number of hydrogen-bond acceptors (Lipinski definition) is 16. The summed E-state index contributed by atoms with van der Waals surface area (Å²) in [5.74, 6) is 4.33. The third-order valence-electron chi connectivity index (χ3n) is 18.3. The van der Waals surface area contributed by atoms with E-state index in [2.05, 4.69) is 74.0 Å². The number of methoxy groups -OCH3 is 1. The molecule has 0 rings (SSSR count). The van der Waals surface area contributed by atoms with Crippen LogP contribution in [-0.4, -0.2) is 184 Å². The standard InChI is InChI=1S/2C12H25O.2C10H21O.2C8H17O.4C6H10O3.2CH3O.4Al/c2*1-2-3-4-5-6-7-8-9-10-11-12-13;2*1-10(2)8-6-4-3-5-7-9-11;2*1-3-5-6-8(4-2)7-9;1-4(5(2)7)6(8)9-3;3*1-3-9-6(8)4-5(2)7;2*1-2;;;;/h2*2-12H2,1H3;2*10H,3-9H2,1-2H3;2*8H,3-7H2,1-2H3;7H,1-3H3;3*4,7H,3H2,1-2H3;2*1H3;;;;/q6*-1;;;;;2*-1;4*+2. The number of rotatable bonds is 73. The van der Waals surface area contributed by atoms with E-state index in [0.717, 1.165) is 50.4 Å². The summed E-state index contributed by atoms with van der Waals surface area (Å²) in [6.45, 7) is 42.1. The summed E-state index contributed by atoms with van der Waals surface area (Å²) in [7, 11) is 4.42. The zero-order valence-corrected chi connectivity index (χ0v) is 79.4. The van der Waals surface area contributed by atoms with Gasteiger partial charge in [0.2, 0.25) is 0 Å². The molecule has 0 saturated heterocycles. The average Bonchev–Trinajstić information content (AvgIpc) is 0.932. The van der Waals surface area contributed by atoms with Gasteiger partial charge in [-0.05, 0) is 171 Å². The van der Waals surface area contributed by atoms with Crippen LogP contribution in [0, 0.1) is 23.7 Å². The summed E-state index contributed by atoms with van der Waals surface area (Å²) >= 11 is -8.98. The third-order valence-corrected chi connectivity index (χ3v) is 24.3. The lowest BCUT2D eigenvalue weighted by Crippen LogP contribution is -2.31. The van der Waals surface area contributed by atoms with Gasteiger partial charge in [-0.15, -0.1) is 0 Å². The molecule has 0 fully saturated rings. The first-order chi connectivity index (χ1) is 53.0. The maximum absolute atomic E-state index is 9.76. The summed E-state index contributed by atoms with van der Waals surface area (Å²) < 4.78 is 89.3. The Bertz CT molecular complexity index is 2110. The highest BCUT2D eigenvalue weighted by Crippen LogP contribution is 2.20. The number of hydrogen-bond donors (Lipinski definition) is 0. The van der Waals surface area contributed by atoms with Crippen molar-refractivity contribution in [2.45, 2.75) is 381 Å². The fourth-order valence-electron chi connectivity index (χ4n) is 11.2. The molecule has 4 radical (unpaired) electrons. The molecule has 0 amide bonds. The molecule has 0 saturated carbocycles. The lowest BCUT2D eigenvalue weighted by atomic mass is 10.0. The fraction of sp³-hybridized carbons (Fsp3) is 0.860. The van der Waals surface area contributed by atoms with Gasteiger partial charge in [-0.2, -0.15) is 0 Å². The van der Waals surface area contributed by atoms with E-state index in [1.807, 2.05) is 27.7 Å². The molecule has 0 aliphatic carbocycles. The molecule has 0 aliphatic rings. The van der Waals surface area contributed by atoms with E-state index in [0.29, 0.717) is 99.9 Å². The van der Waals surface area contributed by atoms with Crippen LogP contribution in [0.15, 0.2) is 46.8 Å². The maximum Gasteiger partial charge on any atom is 0.653 e. The van der Waals surface area contributed by atoms with Crippen molar-refractivity contribution < 1.29 is 83.6 Å². The van der Waals surface area contributed by atoms with Gasteiger partial charge in [-0.25, -0.2) is 0 Å². The van der Waals surface area contributed by atoms with Gasteiger partial charge in [0.15, 0.2) is 26.9 Å². The van der Waals surface area contributed by atoms with E-state index in [9.17, 15) is 19.2 Å². The van der Waals surface area contributed by atoms with E-state index in [1.165, 1.54) is 258 Å². The molecule has 2 unspecified atom stereocenters. The molecule has 0 aliphatic heterocycles. The second-order valence-corrected chi connectivity index (χ2v) is 35.8. The van der Waals surface area contributed by atoms with E-state index < -0.39 is 60.6 Å². The quantitative estimate of drug-likeness (QED) is 0.0105. The minimum Gasteiger partial charge on any atom is -0.777 e. The minimum absolute atomic E-state index is 0.132. The average molecular weight is 1630 g/mol. The Labute approximate surface area is 696 Å². The normalized spacial score (nSPS) is 12.6. The molecule has 2 atom stereocenters. The van der Waals surface area contributed by atoms with Crippen molar-refractivity contribution in [3.8, 4) is 0 Å². The summed E-state index contributed by atoms with van der Waals surface area (Å²) in [5, 5.41) is 0. The first kappa shape index (κ1) is 114. The number of ether oxygens (including phenoxy) is 4. The van der Waals surface area contributed by atoms with Crippen LogP contribution in [-0.2, 0) is 64.4 Å². The van der Waals surface area contributed by atoms with Crippen LogP contribution in [0.3, 0.4) is 0 Å². The summed E-state index contributed by atoms with van der Waals surface area (Å²) in [5.41, 5.74) is 0.527. The van der Waals surface area contributed by atoms with Crippen molar-refractivity contribution >= 4 is 84.5 Å². The first-order valence-corrected chi connectivity index (χ1v) is 49.5. The molecular formula is C86H172Al4O20. The highest BCUT2D eigenvalue weighted by atomic mass is 27.3. The minimum atomic E-state index is -2.33. The van der Waals surface area contributed by atoms with Gasteiger partial charge in [-0.3, -0.25) is 0 Å². The van der Waals surface area contributed by atoms with Crippen molar-refractivity contribution in [2.75, 3.05) is 80.8 Å². The Balaban J connectivity index is -0.000000708. The van der Waals surface area contributed by atoms with E-state index in [-0.39, 0.29) is 23.9 Å². The number of esters is 4. The van der Waals surface area contributed by atoms with E-state index >= 15 is 0 Å². The number of carbonyl (C=O) groups excluding carboxylic acids is 4. The van der Waals surface area contributed by atoms with Crippen LogP contribution in [0.2, 0.25) is 0 Å². The van der Waals surface area contributed by atoms with Crippen LogP contribution in [0.1, 0.15) is 381 Å². The monoisotopic (exact) mass is 1630 g/mol. The summed E-state index contributed by atoms with van der Waals surface area (Å²) in [6.07, 6.45) is 54.8. The van der Waals surface area contributed by atoms with Gasteiger partial charge < -0.3 is 83.6 Å². The molecule has 0 heterocycles. The van der Waals surface area contributed by atoms with E-state index in [4.69, 9.17) is 59.7 Å². The number of allylic oxidation sites excluding steroid dienone is 4. The predicted octanol–water partition coefficient (Wildman–Crippen LogP) is 23.4. The third kappa shape index (κ3) is 82.4. The molecular weight excluding hydrogens is 1460 g/mol. The second-order valence-electron chi connectivity index (χ2n) is 29.6. The zero-order valence-electron chi connectivity index (χ0n) is 74.8. The molecule has 0 aromatic heterocycles. The van der Waals surface area contributed by atoms with Crippen LogP contribution in [0.5, 0.6) is 0 Å². The number of unbranched alkanes of at least 4 members (excludes halogenated alkanes) is 28. The molecule has 0 aromatic rings. The highest BCUT2D eigenvalue weighted by Gasteiger charge is 2.22. The lowest BCUT2D eigenvalue weighted by Gasteiger charge is -2.33. The van der Waals surface area contributed by atoms with Crippen molar-refractivity contribution in [2.24, 2.45) is 23.7 Å². The van der Waals surface area contributed by atoms with Gasteiger partial charge >= 0.3 is 84.5 Å². The van der Waals surface area contributed by atoms with Gasteiger partial charge in [0.1, 0.15) is 23.8 Å². The molecule has 0 aromatic carbocycles. The Morgan fingerprint density at radius 1 is 0.309 bits per heavy atom. The fourth-order valence-corrected chi connectivity index (χ4v) is 16.2. The largest absolute Gasteiger partial charge is 0.777 e. The van der Waals surface area contributed by atoms with E-state index in [1.54, 1.807) is 27.7 Å². The van der Waals surface area contributed by atoms with Crippen molar-refractivity contribution in [3.05, 3.63) is 46.8 Å². The molecule has 110 heavy (non-hydrogen) atoms. The van der Waals surface area contributed by atoms with Gasteiger partial charge in [0, 0.05) is 23.0 Å². The second kappa shape index (κ2) is 87.7. The Hall–Kier alpha value is -2.15. The van der Waals surface area contributed by atoms with Crippen molar-refractivity contribution in [3.63, 3.8) is 0 Å². The smallest absolute Gasteiger partial charge is 0.653 e. The topological polar surface area (TPSA) is 233 Å². The molecule has 4 N–H and O–H groups in total. The maximum atomic E-state index is 9.76. The molecule has 24 heteroatoms. The highest BCUT2D eigenvalue weighted by molar-refractivity contribution is 6.37. The van der Waals surface area contributed by atoms with Crippen LogP contribution >= 0.6 is 0 Å². The summed E-state index contributed by atoms with van der Waals surface area (Å²) in [4.78, 5) is 38.4. The SMILES string of the molecule is CCCCC(CC)C[O][Al-]([O]CC(CC)CCCC)[O]C(C)=CC(=[OH+])OCC.CCCCCCCCCCCC[O][Al-]([O]CCCCCCCCCCCC)[O]C(C)=CC(=[OH+])OCC.CCOC(=[OH+])C=C(C)[O][Al-]([O]CCCCCCCC(C)C)[O]CCCCCCCC(C)C.COC(=[OH+])C(C)=C(C)[O][Al-]([O]C)[O]C. The van der Waals surface area contributed by atoms with Crippen LogP contribution in [0.25, 0.3) is 0 Å². The predicted molar refractivity (Wildman–Crippen MR) is 462 cm³/mol. The molecule has 20 nitrogen and oxygen atoms in total. The van der Waals surface area contributed by atoms with Gasteiger partial charge in [0.25, 0.3) is 0 Å². The molecule has 0 spiro atoms. The lowest BCUT2D eigenvalue weighted by molar-refractivity contribution is 0.0824.